The highest BCUT2D eigenvalue weighted by molar-refractivity contribution is 6.34. The van der Waals surface area contributed by atoms with E-state index in [0.29, 0.717) is 29.7 Å². The van der Waals surface area contributed by atoms with Crippen LogP contribution >= 0.6 is 11.6 Å². The van der Waals surface area contributed by atoms with Crippen molar-refractivity contribution in [2.24, 2.45) is 5.92 Å². The Morgan fingerprint density at radius 2 is 1.90 bits per heavy atom. The lowest BCUT2D eigenvalue weighted by Gasteiger charge is -2.33. The first-order valence-electron chi connectivity index (χ1n) is 9.48. The zero-order valence-corrected chi connectivity index (χ0v) is 16.4. The van der Waals surface area contributed by atoms with Crippen LogP contribution in [-0.4, -0.2) is 23.1 Å². The topological polar surface area (TPSA) is 97.1 Å². The second-order valence-corrected chi connectivity index (χ2v) is 7.87. The van der Waals surface area contributed by atoms with Gasteiger partial charge in [-0.15, -0.1) is 0 Å². The second-order valence-electron chi connectivity index (χ2n) is 7.46. The number of carboxylic acid groups (broad SMARTS) is 1. The molecule has 1 N–H and O–H groups in total. The molecule has 0 bridgehead atoms. The van der Waals surface area contributed by atoms with Gasteiger partial charge in [0, 0.05) is 0 Å². The lowest BCUT2D eigenvalue weighted by atomic mass is 9.82. The van der Waals surface area contributed by atoms with Crippen LogP contribution in [0.1, 0.15) is 29.0 Å². The molecule has 30 heavy (non-hydrogen) atoms. The average Bonchev–Trinajstić information content (AvgIpc) is 3.02. The molecule has 1 fully saturated rings. The van der Waals surface area contributed by atoms with E-state index < -0.39 is 17.8 Å². The quantitative estimate of drug-likeness (QED) is 0.682. The molecule has 2 aliphatic rings. The fourth-order valence-corrected chi connectivity index (χ4v) is 4.12. The molecule has 3 aromatic rings. The van der Waals surface area contributed by atoms with E-state index in [0.717, 1.165) is 0 Å². The van der Waals surface area contributed by atoms with Crippen LogP contribution in [0, 0.1) is 5.92 Å². The van der Waals surface area contributed by atoms with Gasteiger partial charge in [-0.1, -0.05) is 29.8 Å². The Bertz CT molecular complexity index is 1260. The van der Waals surface area contributed by atoms with E-state index in [1.54, 1.807) is 42.5 Å². The van der Waals surface area contributed by atoms with Crippen molar-refractivity contribution in [3.05, 3.63) is 69.0 Å². The van der Waals surface area contributed by atoms with Crippen LogP contribution < -0.4 is 15.1 Å². The van der Waals surface area contributed by atoms with Crippen LogP contribution in [0.3, 0.4) is 0 Å². The lowest BCUT2D eigenvalue weighted by Crippen LogP contribution is -2.38. The molecule has 2 aromatic carbocycles. The minimum absolute atomic E-state index is 0.0232. The number of aliphatic carboxylic acids is 1. The molecule has 0 spiro atoms. The molecule has 1 aliphatic heterocycles. The third-order valence-electron chi connectivity index (χ3n) is 5.61. The van der Waals surface area contributed by atoms with Crippen molar-refractivity contribution in [3.63, 3.8) is 0 Å². The third kappa shape index (κ3) is 2.85. The number of nitrogens with zero attached hydrogens (tertiary/aromatic N) is 1. The van der Waals surface area contributed by atoms with Crippen LogP contribution in [0.4, 0.5) is 5.69 Å². The van der Waals surface area contributed by atoms with E-state index in [1.165, 1.54) is 4.90 Å². The number of rotatable bonds is 4. The van der Waals surface area contributed by atoms with E-state index in [2.05, 4.69) is 0 Å². The predicted molar refractivity (Wildman–Crippen MR) is 109 cm³/mol. The Morgan fingerprint density at radius 3 is 2.67 bits per heavy atom. The molecular formula is C22H16ClNO6. The Morgan fingerprint density at radius 1 is 1.13 bits per heavy atom. The summed E-state index contributed by atoms with van der Waals surface area (Å²) in [5.74, 6) is -1.24. The Kier molecular flexibility index (Phi) is 4.29. The third-order valence-corrected chi connectivity index (χ3v) is 5.91. The van der Waals surface area contributed by atoms with Crippen LogP contribution in [-0.2, 0) is 11.3 Å². The van der Waals surface area contributed by atoms with Crippen molar-refractivity contribution >= 4 is 40.1 Å². The monoisotopic (exact) mass is 425 g/mol. The molecule has 0 radical (unpaired) electrons. The first-order chi connectivity index (χ1) is 14.4. The largest absolute Gasteiger partial charge is 0.488 e. The number of ether oxygens (including phenoxy) is 1. The Hall–Kier alpha value is -3.32. The van der Waals surface area contributed by atoms with Gasteiger partial charge in [-0.25, -0.2) is 0 Å². The zero-order chi connectivity index (χ0) is 21.0. The van der Waals surface area contributed by atoms with Crippen molar-refractivity contribution in [3.8, 4) is 5.75 Å². The minimum atomic E-state index is -0.830. The molecule has 7 nitrogen and oxygen atoms in total. The molecule has 0 unspecified atom stereocenters. The van der Waals surface area contributed by atoms with Crippen molar-refractivity contribution in [2.45, 2.75) is 25.5 Å². The summed E-state index contributed by atoms with van der Waals surface area (Å²) in [7, 11) is 0. The summed E-state index contributed by atoms with van der Waals surface area (Å²) < 4.78 is 11.7. The zero-order valence-electron chi connectivity index (χ0n) is 15.6. The number of hydrogen-bond acceptors (Lipinski definition) is 5. The first-order valence-corrected chi connectivity index (χ1v) is 9.86. The fourth-order valence-electron chi connectivity index (χ4n) is 3.91. The van der Waals surface area contributed by atoms with E-state index in [9.17, 15) is 14.4 Å². The molecule has 0 atom stereocenters. The number of benzene rings is 2. The summed E-state index contributed by atoms with van der Waals surface area (Å²) in [5, 5.41) is 9.64. The molecule has 1 aliphatic carbocycles. The maximum absolute atomic E-state index is 13.1. The van der Waals surface area contributed by atoms with Gasteiger partial charge in [-0.05, 0) is 37.1 Å². The number of anilines is 1. The smallest absolute Gasteiger partial charge is 0.306 e. The van der Waals surface area contributed by atoms with Gasteiger partial charge in [0.25, 0.3) is 5.91 Å². The standard InChI is InChI=1S/C22H16ClNO6/c23-15-5-3-4-13-18(25)14-10-24(21(26)20(14)30-19(13)15)16-6-1-2-7-17(16)29-12-8-11(9-12)22(27)28/h1-7,11-12H,8-10H2,(H,27,28). The number of amides is 1. The number of carbonyl (C=O) groups is 2. The van der Waals surface area contributed by atoms with E-state index >= 15 is 0 Å². The van der Waals surface area contributed by atoms with Gasteiger partial charge in [0.1, 0.15) is 11.9 Å². The highest BCUT2D eigenvalue weighted by atomic mass is 35.5. The molecule has 152 valence electrons. The normalized spacial score (nSPS) is 20.2. The number of carboxylic acids is 1. The molecule has 2 heterocycles. The second kappa shape index (κ2) is 6.88. The fraction of sp³-hybridized carbons (Fsp3) is 0.227. The van der Waals surface area contributed by atoms with Crippen LogP contribution in [0.2, 0.25) is 5.02 Å². The highest BCUT2D eigenvalue weighted by Crippen LogP contribution is 2.39. The maximum atomic E-state index is 13.1. The Balaban J connectivity index is 1.49. The van der Waals surface area contributed by atoms with Crippen LogP contribution in [0.15, 0.2) is 51.7 Å². The van der Waals surface area contributed by atoms with Gasteiger partial charge in [0.05, 0.1) is 34.1 Å². The van der Waals surface area contributed by atoms with Gasteiger partial charge in [-0.2, -0.15) is 0 Å². The summed E-state index contributed by atoms with van der Waals surface area (Å²) >= 11 is 6.15. The van der Waals surface area contributed by atoms with Crippen molar-refractivity contribution < 1.29 is 23.8 Å². The summed E-state index contributed by atoms with van der Waals surface area (Å²) in [6, 6.07) is 11.9. The van der Waals surface area contributed by atoms with E-state index in [1.807, 2.05) is 0 Å². The molecule has 8 heteroatoms. The SMILES string of the molecule is O=C(O)C1CC(Oc2ccccc2N2Cc3c(oc4c(Cl)cccc4c3=O)C2=O)C1. The van der Waals surface area contributed by atoms with Crippen LogP contribution in [0.5, 0.6) is 5.75 Å². The lowest BCUT2D eigenvalue weighted by molar-refractivity contribution is -0.147. The predicted octanol–water partition coefficient (Wildman–Crippen LogP) is 3.85. The van der Waals surface area contributed by atoms with Gasteiger partial charge in [0.2, 0.25) is 5.76 Å². The molecule has 1 aromatic heterocycles. The Labute approximate surface area is 175 Å². The summed E-state index contributed by atoms with van der Waals surface area (Å²) in [6.07, 6.45) is 0.609. The summed E-state index contributed by atoms with van der Waals surface area (Å²) in [5.41, 5.74) is 0.685. The van der Waals surface area contributed by atoms with Gasteiger partial charge in [-0.3, -0.25) is 19.3 Å². The summed E-state index contributed by atoms with van der Waals surface area (Å²) in [4.78, 5) is 38.5. The minimum Gasteiger partial charge on any atom is -0.488 e. The molecule has 1 amide bonds. The number of hydrogen-bond donors (Lipinski definition) is 1. The van der Waals surface area contributed by atoms with E-state index in [-0.39, 0.29) is 40.0 Å². The molecular weight excluding hydrogens is 410 g/mol. The number of fused-ring (bicyclic) bond motifs is 2. The maximum Gasteiger partial charge on any atom is 0.306 e. The summed E-state index contributed by atoms with van der Waals surface area (Å²) in [6.45, 7) is 0.0573. The molecule has 1 saturated carbocycles. The number of carbonyl (C=O) groups excluding carboxylic acids is 1. The molecule has 5 rings (SSSR count). The van der Waals surface area contributed by atoms with Gasteiger partial charge >= 0.3 is 5.97 Å². The molecule has 0 saturated heterocycles. The average molecular weight is 426 g/mol. The number of para-hydroxylation sites is 3. The van der Waals surface area contributed by atoms with Crippen molar-refractivity contribution in [2.75, 3.05) is 4.90 Å². The van der Waals surface area contributed by atoms with Gasteiger partial charge in [0.15, 0.2) is 11.0 Å². The number of halogens is 1. The van der Waals surface area contributed by atoms with Crippen molar-refractivity contribution in [1.82, 2.24) is 0 Å². The van der Waals surface area contributed by atoms with Crippen molar-refractivity contribution in [1.29, 1.82) is 0 Å². The van der Waals surface area contributed by atoms with Gasteiger partial charge < -0.3 is 14.3 Å². The highest BCUT2D eigenvalue weighted by Gasteiger charge is 2.39. The van der Waals surface area contributed by atoms with Crippen LogP contribution in [0.25, 0.3) is 11.0 Å². The first kappa shape index (κ1) is 18.7. The van der Waals surface area contributed by atoms with E-state index in [4.69, 9.17) is 25.9 Å².